The van der Waals surface area contributed by atoms with Gasteiger partial charge in [0.2, 0.25) is 0 Å². The number of piperidine rings is 1. The van der Waals surface area contributed by atoms with Gasteiger partial charge in [0.05, 0.1) is 41.2 Å². The second-order valence-corrected chi connectivity index (χ2v) is 8.59. The molecular formula is C27H22F5N3O3. The number of alkyl halides is 3. The van der Waals surface area contributed by atoms with Crippen molar-refractivity contribution in [3.63, 3.8) is 0 Å². The van der Waals surface area contributed by atoms with Crippen molar-refractivity contribution in [3.05, 3.63) is 82.9 Å². The lowest BCUT2D eigenvalue weighted by Gasteiger charge is -2.35. The molecule has 1 fully saturated rings. The van der Waals surface area contributed by atoms with Gasteiger partial charge >= 0.3 is 6.18 Å². The molecule has 1 heterocycles. The van der Waals surface area contributed by atoms with E-state index in [1.807, 2.05) is 11.0 Å². The Kier molecular flexibility index (Phi) is 7.71. The largest absolute Gasteiger partial charge is 0.496 e. The van der Waals surface area contributed by atoms with E-state index in [2.05, 4.69) is 5.32 Å². The van der Waals surface area contributed by atoms with Gasteiger partial charge < -0.3 is 19.7 Å². The van der Waals surface area contributed by atoms with E-state index < -0.39 is 29.3 Å². The van der Waals surface area contributed by atoms with E-state index in [1.54, 1.807) is 12.1 Å². The number of benzene rings is 3. The molecule has 1 saturated heterocycles. The lowest BCUT2D eigenvalue weighted by atomic mass is 10.0. The number of rotatable bonds is 6. The molecule has 11 heteroatoms. The molecule has 0 spiro atoms. The number of anilines is 2. The van der Waals surface area contributed by atoms with Crippen LogP contribution in [0.3, 0.4) is 0 Å². The number of hydrogen-bond acceptors (Lipinski definition) is 5. The molecule has 0 saturated carbocycles. The maximum atomic E-state index is 14.0. The highest BCUT2D eigenvalue weighted by molar-refractivity contribution is 6.08. The molecule has 198 valence electrons. The SMILES string of the molecule is COc1cc(C(F)(F)F)ccc1C(=O)Nc1cc(C#N)ccc1N1CCC(Oc2ccc(F)cc2F)CC1. The first-order valence-corrected chi connectivity index (χ1v) is 11.6. The van der Waals surface area contributed by atoms with Gasteiger partial charge in [-0.05, 0) is 48.5 Å². The fourth-order valence-corrected chi connectivity index (χ4v) is 4.19. The molecule has 0 aliphatic carbocycles. The van der Waals surface area contributed by atoms with Crippen LogP contribution in [0, 0.1) is 23.0 Å². The number of carbonyl (C=O) groups is 1. The van der Waals surface area contributed by atoms with Gasteiger partial charge in [-0.25, -0.2) is 8.78 Å². The molecule has 1 aliphatic rings. The van der Waals surface area contributed by atoms with Crippen molar-refractivity contribution in [2.75, 3.05) is 30.4 Å². The zero-order valence-corrected chi connectivity index (χ0v) is 20.1. The minimum atomic E-state index is -4.60. The Morgan fingerprint density at radius 2 is 1.76 bits per heavy atom. The monoisotopic (exact) mass is 531 g/mol. The van der Waals surface area contributed by atoms with E-state index in [9.17, 15) is 32.0 Å². The Morgan fingerprint density at radius 1 is 1.03 bits per heavy atom. The van der Waals surface area contributed by atoms with Gasteiger partial charge in [-0.15, -0.1) is 0 Å². The smallest absolute Gasteiger partial charge is 0.416 e. The van der Waals surface area contributed by atoms with Gasteiger partial charge in [0.25, 0.3) is 5.91 Å². The number of carbonyl (C=O) groups excluding carboxylic acids is 1. The van der Waals surface area contributed by atoms with Crippen LogP contribution in [-0.4, -0.2) is 32.2 Å². The number of methoxy groups -OCH3 is 1. The van der Waals surface area contributed by atoms with Crippen molar-refractivity contribution in [1.82, 2.24) is 0 Å². The molecule has 3 aromatic rings. The van der Waals surface area contributed by atoms with E-state index in [-0.39, 0.29) is 28.7 Å². The molecular weight excluding hydrogens is 509 g/mol. The molecule has 3 aromatic carbocycles. The number of hydrogen-bond donors (Lipinski definition) is 1. The predicted octanol–water partition coefficient (Wildman–Crippen LogP) is 6.16. The molecule has 1 N–H and O–H groups in total. The number of nitriles is 1. The Hall–Kier alpha value is -4.33. The number of nitrogens with one attached hydrogen (secondary N) is 1. The maximum Gasteiger partial charge on any atom is 0.416 e. The van der Waals surface area contributed by atoms with Gasteiger partial charge in [-0.2, -0.15) is 18.4 Å². The summed E-state index contributed by atoms with van der Waals surface area (Å²) in [5.74, 6) is -2.49. The van der Waals surface area contributed by atoms with Crippen LogP contribution in [0.15, 0.2) is 54.6 Å². The van der Waals surface area contributed by atoms with Crippen molar-refractivity contribution in [3.8, 4) is 17.6 Å². The van der Waals surface area contributed by atoms with Crippen LogP contribution in [0.4, 0.5) is 33.3 Å². The standard InChI is InChI=1S/C27H22F5N3O3/c1-37-25-13-17(27(30,31)32)3-5-20(25)26(36)34-22-12-16(15-33)2-6-23(22)35-10-8-19(9-11-35)38-24-7-4-18(28)14-21(24)29/h2-7,12-14,19H,8-11H2,1H3,(H,34,36). The number of amides is 1. The Labute approximate surface area is 215 Å². The quantitative estimate of drug-likeness (QED) is 0.386. The number of halogens is 5. The van der Waals surface area contributed by atoms with Crippen LogP contribution >= 0.6 is 0 Å². The highest BCUT2D eigenvalue weighted by atomic mass is 19.4. The van der Waals surface area contributed by atoms with Crippen LogP contribution in [0.1, 0.15) is 34.3 Å². The third-order valence-corrected chi connectivity index (χ3v) is 6.12. The average Bonchev–Trinajstić information content (AvgIpc) is 2.89. The van der Waals surface area contributed by atoms with Crippen molar-refractivity contribution in [1.29, 1.82) is 5.26 Å². The molecule has 0 bridgehead atoms. The van der Waals surface area contributed by atoms with Gasteiger partial charge in [0.1, 0.15) is 17.7 Å². The summed E-state index contributed by atoms with van der Waals surface area (Å²) in [6, 6.07) is 12.4. The summed E-state index contributed by atoms with van der Waals surface area (Å²) >= 11 is 0. The summed E-state index contributed by atoms with van der Waals surface area (Å²) in [7, 11) is 1.16. The van der Waals surface area contributed by atoms with Crippen LogP contribution in [0.5, 0.6) is 11.5 Å². The van der Waals surface area contributed by atoms with Gasteiger partial charge in [-0.1, -0.05) is 0 Å². The molecule has 1 aliphatic heterocycles. The molecule has 38 heavy (non-hydrogen) atoms. The molecule has 4 rings (SSSR count). The normalized spacial score (nSPS) is 14.1. The van der Waals surface area contributed by atoms with Crippen LogP contribution in [0.2, 0.25) is 0 Å². The van der Waals surface area contributed by atoms with Gasteiger partial charge in [0.15, 0.2) is 11.6 Å². The third kappa shape index (κ3) is 5.96. The molecule has 0 radical (unpaired) electrons. The molecule has 0 aromatic heterocycles. The molecule has 0 unspecified atom stereocenters. The first-order valence-electron chi connectivity index (χ1n) is 11.6. The molecule has 1 amide bonds. The van der Waals surface area contributed by atoms with Crippen LogP contribution in [-0.2, 0) is 6.18 Å². The van der Waals surface area contributed by atoms with Gasteiger partial charge in [0, 0.05) is 32.0 Å². The lowest BCUT2D eigenvalue weighted by Crippen LogP contribution is -2.38. The fourth-order valence-electron chi connectivity index (χ4n) is 4.19. The lowest BCUT2D eigenvalue weighted by molar-refractivity contribution is -0.137. The van der Waals surface area contributed by atoms with E-state index in [4.69, 9.17) is 9.47 Å². The third-order valence-electron chi connectivity index (χ3n) is 6.12. The Balaban J connectivity index is 1.51. The summed E-state index contributed by atoms with van der Waals surface area (Å²) in [6.07, 6.45) is -3.93. The zero-order valence-electron chi connectivity index (χ0n) is 20.1. The van der Waals surface area contributed by atoms with E-state index in [0.717, 1.165) is 37.4 Å². The summed E-state index contributed by atoms with van der Waals surface area (Å²) in [6.45, 7) is 0.928. The first-order chi connectivity index (χ1) is 18.1. The molecule has 6 nitrogen and oxygen atoms in total. The first kappa shape index (κ1) is 26.7. The second-order valence-electron chi connectivity index (χ2n) is 8.59. The minimum Gasteiger partial charge on any atom is -0.496 e. The summed E-state index contributed by atoms with van der Waals surface area (Å²) in [5.41, 5.74) is 0.0916. The summed E-state index contributed by atoms with van der Waals surface area (Å²) in [4.78, 5) is 15.0. The molecule has 0 atom stereocenters. The number of ether oxygens (including phenoxy) is 2. The minimum absolute atomic E-state index is 0.0401. The van der Waals surface area contributed by atoms with E-state index in [0.29, 0.717) is 37.3 Å². The highest BCUT2D eigenvalue weighted by Crippen LogP contribution is 2.35. The van der Waals surface area contributed by atoms with Crippen LogP contribution in [0.25, 0.3) is 0 Å². The van der Waals surface area contributed by atoms with Crippen molar-refractivity contribution in [2.45, 2.75) is 25.1 Å². The highest BCUT2D eigenvalue weighted by Gasteiger charge is 2.32. The maximum absolute atomic E-state index is 14.0. The van der Waals surface area contributed by atoms with Gasteiger partial charge in [-0.3, -0.25) is 4.79 Å². The average molecular weight is 531 g/mol. The van der Waals surface area contributed by atoms with E-state index in [1.165, 1.54) is 12.1 Å². The van der Waals surface area contributed by atoms with E-state index >= 15 is 0 Å². The van der Waals surface area contributed by atoms with Crippen molar-refractivity contribution < 1.29 is 36.2 Å². The topological polar surface area (TPSA) is 74.6 Å². The Bertz CT molecular complexity index is 1380. The predicted molar refractivity (Wildman–Crippen MR) is 129 cm³/mol. The van der Waals surface area contributed by atoms with Crippen LogP contribution < -0.4 is 19.7 Å². The summed E-state index contributed by atoms with van der Waals surface area (Å²) < 4.78 is 77.1. The fraction of sp³-hybridized carbons (Fsp3) is 0.259. The Morgan fingerprint density at radius 3 is 2.39 bits per heavy atom. The number of nitrogens with zero attached hydrogens (tertiary/aromatic N) is 2. The van der Waals surface area contributed by atoms with Crippen molar-refractivity contribution >= 4 is 17.3 Å². The summed E-state index contributed by atoms with van der Waals surface area (Å²) in [5, 5.41) is 12.0. The van der Waals surface area contributed by atoms with Crippen molar-refractivity contribution in [2.24, 2.45) is 0 Å². The second kappa shape index (κ2) is 11.0. The zero-order chi connectivity index (χ0) is 27.4.